The van der Waals surface area contributed by atoms with E-state index >= 15 is 0 Å². The summed E-state index contributed by atoms with van der Waals surface area (Å²) < 4.78 is 5.88. The van der Waals surface area contributed by atoms with Crippen molar-refractivity contribution >= 4 is 17.5 Å². The second-order valence-corrected chi connectivity index (χ2v) is 6.60. The summed E-state index contributed by atoms with van der Waals surface area (Å²) in [5.74, 6) is -1.03. The number of benzene rings is 2. The van der Waals surface area contributed by atoms with Crippen LogP contribution in [0.2, 0.25) is 0 Å². The van der Waals surface area contributed by atoms with Gasteiger partial charge in [-0.2, -0.15) is 0 Å². The quantitative estimate of drug-likeness (QED) is 0.683. The molecule has 1 aliphatic carbocycles. The molecule has 1 fully saturated rings. The average Bonchev–Trinajstić information content (AvgIpc) is 3.45. The van der Waals surface area contributed by atoms with E-state index in [1.54, 1.807) is 48.5 Å². The van der Waals surface area contributed by atoms with Gasteiger partial charge in [0.1, 0.15) is 6.54 Å². The molecular weight excluding hydrogens is 360 g/mol. The van der Waals surface area contributed by atoms with Crippen molar-refractivity contribution < 1.29 is 14.1 Å². The first-order valence-electron chi connectivity index (χ1n) is 8.93. The van der Waals surface area contributed by atoms with E-state index in [0.717, 1.165) is 17.4 Å². The topological polar surface area (TPSA) is 106 Å². The Hall–Kier alpha value is -3.68. The van der Waals surface area contributed by atoms with Crippen LogP contribution in [0.25, 0.3) is 11.4 Å². The van der Waals surface area contributed by atoms with E-state index in [1.165, 1.54) is 0 Å². The smallest absolute Gasteiger partial charge is 0.349 e. The van der Waals surface area contributed by atoms with Gasteiger partial charge in [-0.3, -0.25) is 14.1 Å². The summed E-state index contributed by atoms with van der Waals surface area (Å²) in [6.07, 6.45) is 2.00. The molecule has 0 bridgehead atoms. The van der Waals surface area contributed by atoms with Crippen LogP contribution in [0.3, 0.4) is 0 Å². The van der Waals surface area contributed by atoms with Crippen molar-refractivity contribution in [3.8, 4) is 11.4 Å². The van der Waals surface area contributed by atoms with E-state index in [-0.39, 0.29) is 24.3 Å². The number of anilines is 1. The molecular formula is C20H18N4O4. The van der Waals surface area contributed by atoms with Gasteiger partial charge in [0.15, 0.2) is 5.82 Å². The lowest BCUT2D eigenvalue weighted by molar-refractivity contribution is -0.116. The molecule has 1 heterocycles. The SMILES string of the molecule is O=C(Cn1c(-c2ccccc2)noc1=O)Nc1cccc(C(=O)NC2CC2)c1. The number of nitrogens with zero attached hydrogens (tertiary/aromatic N) is 2. The molecule has 2 aromatic carbocycles. The van der Waals surface area contributed by atoms with Crippen LogP contribution in [0, 0.1) is 0 Å². The van der Waals surface area contributed by atoms with Gasteiger partial charge in [-0.25, -0.2) is 9.36 Å². The summed E-state index contributed by atoms with van der Waals surface area (Å²) in [6.45, 7) is -0.259. The summed E-state index contributed by atoms with van der Waals surface area (Å²) in [4.78, 5) is 36.5. The second kappa shape index (κ2) is 7.51. The summed E-state index contributed by atoms with van der Waals surface area (Å²) in [5.41, 5.74) is 1.61. The number of carbonyl (C=O) groups is 2. The van der Waals surface area contributed by atoms with Crippen LogP contribution in [0.5, 0.6) is 0 Å². The van der Waals surface area contributed by atoms with E-state index < -0.39 is 11.7 Å². The lowest BCUT2D eigenvalue weighted by Crippen LogP contribution is -2.26. The van der Waals surface area contributed by atoms with Crippen molar-refractivity contribution in [2.45, 2.75) is 25.4 Å². The van der Waals surface area contributed by atoms with Gasteiger partial charge in [-0.15, -0.1) is 0 Å². The lowest BCUT2D eigenvalue weighted by atomic mass is 10.2. The van der Waals surface area contributed by atoms with Gasteiger partial charge in [0, 0.05) is 22.9 Å². The Morgan fingerprint density at radius 3 is 2.64 bits per heavy atom. The monoisotopic (exact) mass is 378 g/mol. The van der Waals surface area contributed by atoms with Crippen LogP contribution in [0.4, 0.5) is 5.69 Å². The molecule has 0 saturated heterocycles. The normalized spacial score (nSPS) is 13.1. The van der Waals surface area contributed by atoms with Gasteiger partial charge in [-0.05, 0) is 31.0 Å². The number of rotatable bonds is 6. The van der Waals surface area contributed by atoms with Crippen LogP contribution in [-0.2, 0) is 11.3 Å². The van der Waals surface area contributed by atoms with Crippen molar-refractivity contribution in [3.05, 3.63) is 70.7 Å². The molecule has 142 valence electrons. The number of hydrogen-bond donors (Lipinski definition) is 2. The predicted molar refractivity (Wildman–Crippen MR) is 102 cm³/mol. The summed E-state index contributed by atoms with van der Waals surface area (Å²) >= 11 is 0. The Morgan fingerprint density at radius 1 is 1.11 bits per heavy atom. The number of aromatic nitrogens is 2. The van der Waals surface area contributed by atoms with Crippen LogP contribution in [0.1, 0.15) is 23.2 Å². The molecule has 1 aromatic heterocycles. The molecule has 0 atom stereocenters. The van der Waals surface area contributed by atoms with Crippen molar-refractivity contribution in [2.75, 3.05) is 5.32 Å². The van der Waals surface area contributed by atoms with Crippen molar-refractivity contribution in [2.24, 2.45) is 0 Å². The first-order chi connectivity index (χ1) is 13.6. The highest BCUT2D eigenvalue weighted by molar-refractivity contribution is 5.97. The molecule has 3 aromatic rings. The highest BCUT2D eigenvalue weighted by atomic mass is 16.5. The fourth-order valence-corrected chi connectivity index (χ4v) is 2.78. The molecule has 28 heavy (non-hydrogen) atoms. The molecule has 1 aliphatic rings. The third-order valence-corrected chi connectivity index (χ3v) is 4.34. The van der Waals surface area contributed by atoms with Crippen molar-refractivity contribution in [1.82, 2.24) is 15.0 Å². The van der Waals surface area contributed by atoms with E-state index in [0.29, 0.717) is 16.8 Å². The Morgan fingerprint density at radius 2 is 1.89 bits per heavy atom. The van der Waals surface area contributed by atoms with E-state index in [9.17, 15) is 14.4 Å². The molecule has 0 unspecified atom stereocenters. The van der Waals surface area contributed by atoms with E-state index in [1.807, 2.05) is 6.07 Å². The zero-order valence-corrected chi connectivity index (χ0v) is 14.9. The maximum absolute atomic E-state index is 12.4. The van der Waals surface area contributed by atoms with E-state index in [2.05, 4.69) is 15.8 Å². The Kier molecular flexibility index (Phi) is 4.76. The van der Waals surface area contributed by atoms with Crippen LogP contribution < -0.4 is 16.4 Å². The van der Waals surface area contributed by atoms with Gasteiger partial charge in [0.2, 0.25) is 5.91 Å². The van der Waals surface area contributed by atoms with Crippen molar-refractivity contribution in [3.63, 3.8) is 0 Å². The Labute approximate surface area is 160 Å². The molecule has 4 rings (SSSR count). The highest BCUT2D eigenvalue weighted by Crippen LogP contribution is 2.20. The molecule has 2 amide bonds. The van der Waals surface area contributed by atoms with Gasteiger partial charge in [0.25, 0.3) is 5.91 Å². The zero-order chi connectivity index (χ0) is 19.5. The average molecular weight is 378 g/mol. The molecule has 1 saturated carbocycles. The number of amides is 2. The minimum absolute atomic E-state index is 0.166. The number of hydrogen-bond acceptors (Lipinski definition) is 5. The molecule has 0 spiro atoms. The minimum Gasteiger partial charge on any atom is -0.349 e. The van der Waals surface area contributed by atoms with Gasteiger partial charge in [0.05, 0.1) is 0 Å². The lowest BCUT2D eigenvalue weighted by Gasteiger charge is -2.09. The second-order valence-electron chi connectivity index (χ2n) is 6.60. The first-order valence-corrected chi connectivity index (χ1v) is 8.93. The van der Waals surface area contributed by atoms with Crippen LogP contribution in [-0.4, -0.2) is 27.6 Å². The Balaban J connectivity index is 1.48. The van der Waals surface area contributed by atoms with Crippen molar-refractivity contribution in [1.29, 1.82) is 0 Å². The van der Waals surface area contributed by atoms with Crippen LogP contribution in [0.15, 0.2) is 63.9 Å². The molecule has 8 nitrogen and oxygen atoms in total. The largest absolute Gasteiger partial charge is 0.442 e. The summed E-state index contributed by atoms with van der Waals surface area (Å²) in [6, 6.07) is 15.9. The number of carbonyl (C=O) groups excluding carboxylic acids is 2. The predicted octanol–water partition coefficient (Wildman–Crippen LogP) is 2.03. The van der Waals surface area contributed by atoms with Crippen LogP contribution >= 0.6 is 0 Å². The third kappa shape index (κ3) is 4.01. The third-order valence-electron chi connectivity index (χ3n) is 4.34. The van der Waals surface area contributed by atoms with E-state index in [4.69, 9.17) is 4.52 Å². The maximum Gasteiger partial charge on any atom is 0.442 e. The summed E-state index contributed by atoms with van der Waals surface area (Å²) in [5, 5.41) is 9.36. The maximum atomic E-state index is 12.4. The van der Waals surface area contributed by atoms with Gasteiger partial charge < -0.3 is 10.6 Å². The minimum atomic E-state index is -0.716. The number of nitrogens with one attached hydrogen (secondary N) is 2. The van der Waals surface area contributed by atoms with Gasteiger partial charge in [-0.1, -0.05) is 41.6 Å². The van der Waals surface area contributed by atoms with Gasteiger partial charge >= 0.3 is 5.76 Å². The summed E-state index contributed by atoms with van der Waals surface area (Å²) in [7, 11) is 0. The first kappa shape index (κ1) is 17.7. The molecule has 0 radical (unpaired) electrons. The molecule has 2 N–H and O–H groups in total. The fraction of sp³-hybridized carbons (Fsp3) is 0.200. The fourth-order valence-electron chi connectivity index (χ4n) is 2.78. The molecule has 0 aliphatic heterocycles. The standard InChI is InChI=1S/C20H18N4O4/c25-17(12-24-18(23-28-20(24)27)13-5-2-1-3-6-13)21-16-8-4-7-14(11-16)19(26)22-15-9-10-15/h1-8,11,15H,9-10,12H2,(H,21,25)(H,22,26). The molecule has 8 heteroatoms. The Bertz CT molecular complexity index is 1070. The zero-order valence-electron chi connectivity index (χ0n) is 14.9. The highest BCUT2D eigenvalue weighted by Gasteiger charge is 2.24.